The van der Waals surface area contributed by atoms with Crippen LogP contribution in [0.1, 0.15) is 56.7 Å². The molecule has 2 aliphatic heterocycles. The van der Waals surface area contributed by atoms with Crippen LogP contribution in [0, 0.1) is 0 Å². The molecule has 5 nitrogen and oxygen atoms in total. The number of hydrogen-bond donors (Lipinski definition) is 1. The second kappa shape index (κ2) is 4.63. The normalized spacial score (nSPS) is 33.8. The summed E-state index contributed by atoms with van der Waals surface area (Å²) >= 11 is 0. The van der Waals surface area contributed by atoms with Crippen LogP contribution in [0.4, 0.5) is 0 Å². The highest BCUT2D eigenvalue weighted by Crippen LogP contribution is 2.43. The highest BCUT2D eigenvalue weighted by atomic mass is 16.5. The summed E-state index contributed by atoms with van der Waals surface area (Å²) in [5.74, 6) is 2.15. The molecular formula is C13H21N3O2. The summed E-state index contributed by atoms with van der Waals surface area (Å²) in [6.07, 6.45) is 4.13. The van der Waals surface area contributed by atoms with E-state index in [0.717, 1.165) is 24.6 Å². The van der Waals surface area contributed by atoms with Gasteiger partial charge in [-0.15, -0.1) is 0 Å². The summed E-state index contributed by atoms with van der Waals surface area (Å²) in [6, 6.07) is 0.328. The molecule has 0 amide bonds. The van der Waals surface area contributed by atoms with Crippen molar-refractivity contribution in [3.8, 4) is 0 Å². The highest BCUT2D eigenvalue weighted by Gasteiger charge is 2.43. The van der Waals surface area contributed by atoms with Gasteiger partial charge in [-0.25, -0.2) is 0 Å². The van der Waals surface area contributed by atoms with Crippen molar-refractivity contribution < 1.29 is 9.26 Å². The van der Waals surface area contributed by atoms with E-state index in [4.69, 9.17) is 9.26 Å². The van der Waals surface area contributed by atoms with Crippen molar-refractivity contribution in [2.75, 3.05) is 7.05 Å². The SMILES string of the molecule is CNC(C)C(C)c1nc(C2CC3CCC2O3)no1. The molecule has 3 heterocycles. The van der Waals surface area contributed by atoms with Crippen LogP contribution in [0.5, 0.6) is 0 Å². The first-order chi connectivity index (χ1) is 8.69. The summed E-state index contributed by atoms with van der Waals surface area (Å²) < 4.78 is 11.3. The molecule has 2 fully saturated rings. The zero-order chi connectivity index (χ0) is 12.7. The first-order valence-electron chi connectivity index (χ1n) is 6.85. The van der Waals surface area contributed by atoms with Gasteiger partial charge in [-0.3, -0.25) is 0 Å². The number of nitrogens with zero attached hydrogens (tertiary/aromatic N) is 2. The Morgan fingerprint density at radius 3 is 2.78 bits per heavy atom. The van der Waals surface area contributed by atoms with Crippen molar-refractivity contribution >= 4 is 0 Å². The number of likely N-dealkylation sites (N-methyl/N-ethyl adjacent to an activating group) is 1. The first kappa shape index (κ1) is 12.1. The van der Waals surface area contributed by atoms with E-state index in [1.165, 1.54) is 6.42 Å². The van der Waals surface area contributed by atoms with Crippen LogP contribution in [0.2, 0.25) is 0 Å². The van der Waals surface area contributed by atoms with E-state index in [2.05, 4.69) is 29.3 Å². The van der Waals surface area contributed by atoms with Crippen molar-refractivity contribution in [1.82, 2.24) is 15.5 Å². The molecule has 1 aromatic rings. The monoisotopic (exact) mass is 251 g/mol. The molecule has 100 valence electrons. The van der Waals surface area contributed by atoms with E-state index < -0.39 is 0 Å². The van der Waals surface area contributed by atoms with Crippen LogP contribution in [0.3, 0.4) is 0 Å². The fourth-order valence-electron chi connectivity index (χ4n) is 2.96. The Balaban J connectivity index is 1.74. The fraction of sp³-hybridized carbons (Fsp3) is 0.846. The summed E-state index contributed by atoms with van der Waals surface area (Å²) in [4.78, 5) is 4.58. The third kappa shape index (κ3) is 1.95. The Kier molecular flexibility index (Phi) is 3.11. The lowest BCUT2D eigenvalue weighted by atomic mass is 9.89. The summed E-state index contributed by atoms with van der Waals surface area (Å²) in [7, 11) is 1.95. The third-order valence-corrected chi connectivity index (χ3v) is 4.49. The molecule has 18 heavy (non-hydrogen) atoms. The van der Waals surface area contributed by atoms with E-state index in [1.807, 2.05) is 7.05 Å². The van der Waals surface area contributed by atoms with Crippen LogP contribution in [-0.2, 0) is 4.74 Å². The Hall–Kier alpha value is -0.940. The smallest absolute Gasteiger partial charge is 0.231 e. The highest BCUT2D eigenvalue weighted by molar-refractivity contribution is 5.08. The Labute approximate surface area is 107 Å². The van der Waals surface area contributed by atoms with Gasteiger partial charge in [0.1, 0.15) is 0 Å². The standard InChI is InChI=1S/C13H21N3O2/c1-7(8(2)14-3)13-15-12(16-18-13)10-6-9-4-5-11(10)17-9/h7-11,14H,4-6H2,1-3H3. The van der Waals surface area contributed by atoms with Crippen molar-refractivity contribution in [3.63, 3.8) is 0 Å². The van der Waals surface area contributed by atoms with Crippen LogP contribution in [0.15, 0.2) is 4.52 Å². The van der Waals surface area contributed by atoms with Crippen molar-refractivity contribution in [2.45, 2.75) is 63.2 Å². The Morgan fingerprint density at radius 1 is 1.33 bits per heavy atom. The van der Waals surface area contributed by atoms with Crippen molar-refractivity contribution in [3.05, 3.63) is 11.7 Å². The average molecular weight is 251 g/mol. The van der Waals surface area contributed by atoms with Gasteiger partial charge < -0.3 is 14.6 Å². The van der Waals surface area contributed by atoms with Crippen molar-refractivity contribution in [2.24, 2.45) is 0 Å². The van der Waals surface area contributed by atoms with E-state index >= 15 is 0 Å². The minimum atomic E-state index is 0.232. The van der Waals surface area contributed by atoms with Gasteiger partial charge in [-0.05, 0) is 33.2 Å². The minimum absolute atomic E-state index is 0.232. The van der Waals surface area contributed by atoms with E-state index in [9.17, 15) is 0 Å². The molecule has 1 aromatic heterocycles. The molecule has 0 saturated carbocycles. The Morgan fingerprint density at radius 2 is 2.17 bits per heavy atom. The summed E-state index contributed by atoms with van der Waals surface area (Å²) in [6.45, 7) is 4.23. The topological polar surface area (TPSA) is 60.2 Å². The van der Waals surface area contributed by atoms with E-state index in [1.54, 1.807) is 0 Å². The molecule has 2 bridgehead atoms. The van der Waals surface area contributed by atoms with Gasteiger partial charge in [-0.1, -0.05) is 12.1 Å². The first-order valence-corrected chi connectivity index (χ1v) is 6.85. The number of aromatic nitrogens is 2. The van der Waals surface area contributed by atoms with Gasteiger partial charge in [0.25, 0.3) is 0 Å². The van der Waals surface area contributed by atoms with E-state index in [0.29, 0.717) is 24.2 Å². The maximum absolute atomic E-state index is 5.84. The predicted molar refractivity (Wildman–Crippen MR) is 66.5 cm³/mol. The molecule has 2 saturated heterocycles. The average Bonchev–Trinajstić information content (AvgIpc) is 3.10. The molecule has 5 unspecified atom stereocenters. The lowest BCUT2D eigenvalue weighted by Crippen LogP contribution is -2.27. The molecular weight excluding hydrogens is 230 g/mol. The molecule has 2 aliphatic rings. The number of ether oxygens (including phenoxy) is 1. The van der Waals surface area contributed by atoms with Crippen LogP contribution < -0.4 is 5.32 Å². The van der Waals surface area contributed by atoms with Gasteiger partial charge >= 0.3 is 0 Å². The molecule has 0 aliphatic carbocycles. The molecule has 1 N–H and O–H groups in total. The predicted octanol–water partition coefficient (Wildman–Crippen LogP) is 1.82. The minimum Gasteiger partial charge on any atom is -0.374 e. The Bertz CT molecular complexity index is 420. The zero-order valence-electron chi connectivity index (χ0n) is 11.2. The van der Waals surface area contributed by atoms with Gasteiger partial charge in [0, 0.05) is 6.04 Å². The second-order valence-corrected chi connectivity index (χ2v) is 5.57. The molecule has 5 heteroatoms. The lowest BCUT2D eigenvalue weighted by molar-refractivity contribution is 0.0996. The quantitative estimate of drug-likeness (QED) is 0.884. The maximum Gasteiger partial charge on any atom is 0.231 e. The molecule has 0 spiro atoms. The van der Waals surface area contributed by atoms with Gasteiger partial charge in [-0.2, -0.15) is 4.98 Å². The summed E-state index contributed by atoms with van der Waals surface area (Å²) in [5.41, 5.74) is 0. The maximum atomic E-state index is 5.84. The number of nitrogens with one attached hydrogen (secondary N) is 1. The number of fused-ring (bicyclic) bond motifs is 2. The van der Waals surface area contributed by atoms with Gasteiger partial charge in [0.15, 0.2) is 5.82 Å². The zero-order valence-corrected chi connectivity index (χ0v) is 11.2. The number of rotatable bonds is 4. The second-order valence-electron chi connectivity index (χ2n) is 5.57. The molecule has 3 rings (SSSR count). The molecule has 0 radical (unpaired) electrons. The van der Waals surface area contributed by atoms with Gasteiger partial charge in [0.05, 0.1) is 24.0 Å². The lowest BCUT2D eigenvalue weighted by Gasteiger charge is -2.15. The third-order valence-electron chi connectivity index (χ3n) is 4.49. The van der Waals surface area contributed by atoms with Crippen LogP contribution in [-0.4, -0.2) is 35.4 Å². The largest absolute Gasteiger partial charge is 0.374 e. The van der Waals surface area contributed by atoms with E-state index in [-0.39, 0.29) is 5.92 Å². The fourth-order valence-corrected chi connectivity index (χ4v) is 2.96. The summed E-state index contributed by atoms with van der Waals surface area (Å²) in [5, 5.41) is 7.38. The number of hydrogen-bond acceptors (Lipinski definition) is 5. The van der Waals surface area contributed by atoms with Gasteiger partial charge in [0.2, 0.25) is 5.89 Å². The van der Waals surface area contributed by atoms with Crippen LogP contribution in [0.25, 0.3) is 0 Å². The van der Waals surface area contributed by atoms with Crippen molar-refractivity contribution in [1.29, 1.82) is 0 Å². The molecule has 5 atom stereocenters. The molecule has 0 aromatic carbocycles. The van der Waals surface area contributed by atoms with Crippen LogP contribution >= 0.6 is 0 Å².